The van der Waals surface area contributed by atoms with Gasteiger partial charge in [0, 0.05) is 11.3 Å². The molecule has 0 aromatic heterocycles. The van der Waals surface area contributed by atoms with Crippen LogP contribution in [0, 0.1) is 5.82 Å². The Hall–Kier alpha value is -3.25. The molecule has 0 radical (unpaired) electrons. The fourth-order valence-electron chi connectivity index (χ4n) is 4.07. The molecule has 1 heterocycles. The average molecular weight is 420 g/mol. The van der Waals surface area contributed by atoms with E-state index in [2.05, 4.69) is 10.6 Å². The summed E-state index contributed by atoms with van der Waals surface area (Å²) in [4.78, 5) is 27.7. The van der Waals surface area contributed by atoms with Crippen molar-refractivity contribution in [1.82, 2.24) is 10.6 Å². The van der Waals surface area contributed by atoms with Crippen LogP contribution in [0.2, 0.25) is 0 Å². The first kappa shape index (κ1) is 21.0. The summed E-state index contributed by atoms with van der Waals surface area (Å²) >= 11 is 0. The number of hydrogen-bond donors (Lipinski definition) is 2. The standard InChI is InChI=1S/C25H26FN3O2/c1-16(27-2)24(30)28-22-14-12-18-8-4-6-10-23(18)29(25(22)31)15-20-19-9-5-3-7-17(19)11-13-21(20)26/h3-11,13,16,22,27H,12,14-15H2,1-2H3,(H,28,30). The average Bonchev–Trinajstić information content (AvgIpc) is 2.92. The van der Waals surface area contributed by atoms with Crippen molar-refractivity contribution in [2.75, 3.05) is 11.9 Å². The van der Waals surface area contributed by atoms with Gasteiger partial charge in [-0.3, -0.25) is 9.59 Å². The topological polar surface area (TPSA) is 61.4 Å². The van der Waals surface area contributed by atoms with Crippen LogP contribution in [0.4, 0.5) is 10.1 Å². The molecule has 4 rings (SSSR count). The van der Waals surface area contributed by atoms with Crippen LogP contribution in [0.3, 0.4) is 0 Å². The molecule has 5 nitrogen and oxygen atoms in total. The first-order chi connectivity index (χ1) is 15.0. The van der Waals surface area contributed by atoms with E-state index in [0.29, 0.717) is 18.4 Å². The summed E-state index contributed by atoms with van der Waals surface area (Å²) in [5.74, 6) is -0.811. The predicted molar refractivity (Wildman–Crippen MR) is 120 cm³/mol. The molecule has 6 heteroatoms. The number of fused-ring (bicyclic) bond motifs is 2. The zero-order valence-electron chi connectivity index (χ0n) is 17.7. The molecule has 0 fully saturated rings. The third kappa shape index (κ3) is 4.16. The van der Waals surface area contributed by atoms with Crippen LogP contribution in [0.15, 0.2) is 60.7 Å². The van der Waals surface area contributed by atoms with Gasteiger partial charge in [0.2, 0.25) is 11.8 Å². The fourth-order valence-corrected chi connectivity index (χ4v) is 4.07. The van der Waals surface area contributed by atoms with Crippen molar-refractivity contribution in [3.63, 3.8) is 0 Å². The third-order valence-corrected chi connectivity index (χ3v) is 5.99. The van der Waals surface area contributed by atoms with Gasteiger partial charge < -0.3 is 15.5 Å². The third-order valence-electron chi connectivity index (χ3n) is 5.99. The SMILES string of the molecule is CNC(C)C(=O)NC1CCc2ccccc2N(Cc2c(F)ccc3ccccc23)C1=O. The number of carbonyl (C=O) groups excluding carboxylic acids is 2. The molecule has 0 saturated heterocycles. The smallest absolute Gasteiger partial charge is 0.249 e. The summed E-state index contributed by atoms with van der Waals surface area (Å²) in [6.45, 7) is 1.84. The van der Waals surface area contributed by atoms with Crippen LogP contribution in [0.5, 0.6) is 0 Å². The first-order valence-corrected chi connectivity index (χ1v) is 10.5. The van der Waals surface area contributed by atoms with Gasteiger partial charge in [-0.2, -0.15) is 0 Å². The summed E-state index contributed by atoms with van der Waals surface area (Å²) in [6, 6.07) is 17.4. The number of aryl methyl sites for hydroxylation is 1. The minimum Gasteiger partial charge on any atom is -0.343 e. The number of halogens is 1. The minimum absolute atomic E-state index is 0.0942. The summed E-state index contributed by atoms with van der Waals surface area (Å²) in [5, 5.41) is 7.47. The molecule has 1 aliphatic rings. The molecule has 0 aliphatic carbocycles. The van der Waals surface area contributed by atoms with Gasteiger partial charge in [0.15, 0.2) is 0 Å². The lowest BCUT2D eigenvalue weighted by molar-refractivity contribution is -0.128. The Kier molecular flexibility index (Phi) is 6.00. The minimum atomic E-state index is -0.672. The quantitative estimate of drug-likeness (QED) is 0.665. The van der Waals surface area contributed by atoms with Crippen LogP contribution in [0.1, 0.15) is 24.5 Å². The van der Waals surface area contributed by atoms with Crippen LogP contribution in [-0.2, 0) is 22.6 Å². The lowest BCUT2D eigenvalue weighted by Gasteiger charge is -2.27. The highest BCUT2D eigenvalue weighted by molar-refractivity contribution is 6.01. The second-order valence-electron chi connectivity index (χ2n) is 7.91. The molecule has 2 unspecified atom stereocenters. The lowest BCUT2D eigenvalue weighted by Crippen LogP contribution is -2.52. The van der Waals surface area contributed by atoms with Gasteiger partial charge in [-0.25, -0.2) is 4.39 Å². The van der Waals surface area contributed by atoms with Gasteiger partial charge in [-0.1, -0.05) is 48.5 Å². The van der Waals surface area contributed by atoms with E-state index in [1.54, 1.807) is 24.9 Å². The van der Waals surface area contributed by atoms with Gasteiger partial charge in [-0.15, -0.1) is 0 Å². The zero-order chi connectivity index (χ0) is 22.0. The van der Waals surface area contributed by atoms with E-state index in [-0.39, 0.29) is 24.2 Å². The highest BCUT2D eigenvalue weighted by atomic mass is 19.1. The molecule has 0 bridgehead atoms. The van der Waals surface area contributed by atoms with Gasteiger partial charge in [0.25, 0.3) is 0 Å². The second-order valence-corrected chi connectivity index (χ2v) is 7.91. The van der Waals surface area contributed by atoms with Crippen molar-refractivity contribution in [2.24, 2.45) is 0 Å². The maximum atomic E-state index is 14.9. The van der Waals surface area contributed by atoms with E-state index >= 15 is 0 Å². The Morgan fingerprint density at radius 3 is 2.68 bits per heavy atom. The number of benzene rings is 3. The number of likely N-dealkylation sites (N-methyl/N-ethyl adjacent to an activating group) is 1. The van der Waals surface area contributed by atoms with Crippen LogP contribution in [-0.4, -0.2) is 30.9 Å². The van der Waals surface area contributed by atoms with Gasteiger partial charge in [0.1, 0.15) is 11.9 Å². The number of rotatable bonds is 5. The second kappa shape index (κ2) is 8.86. The number of nitrogens with zero attached hydrogens (tertiary/aromatic N) is 1. The van der Waals surface area contributed by atoms with Gasteiger partial charge >= 0.3 is 0 Å². The number of nitrogens with one attached hydrogen (secondary N) is 2. The van der Waals surface area contributed by atoms with E-state index in [1.165, 1.54) is 6.07 Å². The van der Waals surface area contributed by atoms with Crippen molar-refractivity contribution in [3.05, 3.63) is 77.6 Å². The Bertz CT molecular complexity index is 1130. The van der Waals surface area contributed by atoms with Crippen molar-refractivity contribution < 1.29 is 14.0 Å². The Labute approximate surface area is 181 Å². The van der Waals surface area contributed by atoms with Crippen LogP contribution >= 0.6 is 0 Å². The van der Waals surface area contributed by atoms with Crippen LogP contribution < -0.4 is 15.5 Å². The monoisotopic (exact) mass is 419 g/mol. The zero-order valence-corrected chi connectivity index (χ0v) is 17.7. The first-order valence-electron chi connectivity index (χ1n) is 10.5. The molecule has 31 heavy (non-hydrogen) atoms. The molecule has 2 atom stereocenters. The Balaban J connectivity index is 1.74. The summed E-state index contributed by atoms with van der Waals surface area (Å²) in [5.41, 5.74) is 2.24. The molecular formula is C25H26FN3O2. The highest BCUT2D eigenvalue weighted by Crippen LogP contribution is 2.31. The summed E-state index contributed by atoms with van der Waals surface area (Å²) in [6.07, 6.45) is 1.14. The highest BCUT2D eigenvalue weighted by Gasteiger charge is 2.32. The Morgan fingerprint density at radius 1 is 1.13 bits per heavy atom. The largest absolute Gasteiger partial charge is 0.343 e. The molecule has 2 amide bonds. The van der Waals surface area contributed by atoms with E-state index in [9.17, 15) is 14.0 Å². The van der Waals surface area contributed by atoms with Crippen molar-refractivity contribution in [2.45, 2.75) is 38.4 Å². The predicted octanol–water partition coefficient (Wildman–Crippen LogP) is 3.55. The molecule has 2 N–H and O–H groups in total. The maximum Gasteiger partial charge on any atom is 0.249 e. The van der Waals surface area contributed by atoms with Gasteiger partial charge in [-0.05, 0) is 55.3 Å². The fraction of sp³-hybridized carbons (Fsp3) is 0.280. The number of hydrogen-bond acceptors (Lipinski definition) is 3. The molecule has 1 aliphatic heterocycles. The number of anilines is 1. The molecule has 0 saturated carbocycles. The van der Waals surface area contributed by atoms with Crippen molar-refractivity contribution in [1.29, 1.82) is 0 Å². The number of amides is 2. The molecule has 3 aromatic carbocycles. The molecular weight excluding hydrogens is 393 g/mol. The van der Waals surface area contributed by atoms with E-state index in [0.717, 1.165) is 22.0 Å². The van der Waals surface area contributed by atoms with Crippen LogP contribution in [0.25, 0.3) is 10.8 Å². The number of carbonyl (C=O) groups is 2. The Morgan fingerprint density at radius 2 is 1.87 bits per heavy atom. The maximum absolute atomic E-state index is 14.9. The lowest BCUT2D eigenvalue weighted by atomic mass is 10.0. The summed E-state index contributed by atoms with van der Waals surface area (Å²) in [7, 11) is 1.70. The van der Waals surface area contributed by atoms with E-state index in [1.807, 2.05) is 48.5 Å². The molecule has 160 valence electrons. The van der Waals surface area contributed by atoms with Gasteiger partial charge in [0.05, 0.1) is 12.6 Å². The van der Waals surface area contributed by atoms with Crippen molar-refractivity contribution in [3.8, 4) is 0 Å². The molecule has 3 aromatic rings. The number of para-hydroxylation sites is 1. The van der Waals surface area contributed by atoms with E-state index < -0.39 is 12.1 Å². The normalized spacial score (nSPS) is 17.2. The molecule has 0 spiro atoms. The summed E-state index contributed by atoms with van der Waals surface area (Å²) < 4.78 is 14.9. The van der Waals surface area contributed by atoms with E-state index in [4.69, 9.17) is 0 Å². The van der Waals surface area contributed by atoms with Crippen molar-refractivity contribution >= 4 is 28.3 Å².